The van der Waals surface area contributed by atoms with Crippen molar-refractivity contribution in [3.8, 4) is 0 Å². The van der Waals surface area contributed by atoms with Crippen molar-refractivity contribution in [2.45, 2.75) is 309 Å². The van der Waals surface area contributed by atoms with Gasteiger partial charge in [0.1, 0.15) is 0 Å². The number of allylic oxidation sites excluding steroid dienone is 2. The summed E-state index contributed by atoms with van der Waals surface area (Å²) in [5.74, 6) is -0.124. The largest absolute Gasteiger partial charge is 0.466 e. The predicted molar refractivity (Wildman–Crippen MR) is 260 cm³/mol. The van der Waals surface area contributed by atoms with Gasteiger partial charge in [0.15, 0.2) is 0 Å². The quantitative estimate of drug-likeness (QED) is 0.0322. The van der Waals surface area contributed by atoms with E-state index in [1.54, 1.807) is 0 Å². The minimum Gasteiger partial charge on any atom is -0.466 e. The zero-order valence-electron chi connectivity index (χ0n) is 40.5. The number of carbonyl (C=O) groups excluding carboxylic acids is 2. The lowest BCUT2D eigenvalue weighted by molar-refractivity contribution is -0.143. The highest BCUT2D eigenvalue weighted by molar-refractivity contribution is 5.76. The Balaban J connectivity index is 3.50. The van der Waals surface area contributed by atoms with Crippen LogP contribution in [0.5, 0.6) is 0 Å². The fourth-order valence-electron chi connectivity index (χ4n) is 8.41. The Morgan fingerprint density at radius 3 is 1.22 bits per heavy atom. The zero-order chi connectivity index (χ0) is 43.7. The summed E-state index contributed by atoms with van der Waals surface area (Å²) in [5.41, 5.74) is 0. The molecule has 0 aromatic carbocycles. The molecule has 356 valence electrons. The lowest BCUT2D eigenvalue weighted by Crippen LogP contribution is -2.45. The normalized spacial score (nSPS) is 12.7. The van der Waals surface area contributed by atoms with Gasteiger partial charge >= 0.3 is 5.97 Å². The Hall–Kier alpha value is -1.40. The molecule has 60 heavy (non-hydrogen) atoms. The number of nitrogens with one attached hydrogen (secondary N) is 1. The Morgan fingerprint density at radius 1 is 0.450 bits per heavy atom. The van der Waals surface area contributed by atoms with E-state index in [4.69, 9.17) is 4.74 Å². The highest BCUT2D eigenvalue weighted by Crippen LogP contribution is 2.17. The van der Waals surface area contributed by atoms with Crippen LogP contribution < -0.4 is 5.32 Å². The van der Waals surface area contributed by atoms with E-state index in [0.29, 0.717) is 25.9 Å². The van der Waals surface area contributed by atoms with Crippen LogP contribution in [0, 0.1) is 0 Å². The molecule has 1 amide bonds. The standard InChI is InChI=1S/C54H105NO5/c1-3-5-7-9-11-13-15-17-19-21-22-24-26-28-32-36-40-44-48-54(59)60-49-45-41-37-33-29-31-35-39-43-47-53(58)55-51(50-56)52(57)46-42-38-34-30-27-25-23-20-18-16-14-12-10-8-6-4-2/h31,35,51-52,56-57H,3-30,32-34,36-50H2,1-2H3,(H,55,58)/b35-31-. The molecule has 0 radical (unpaired) electrons. The van der Waals surface area contributed by atoms with Crippen LogP contribution in [-0.4, -0.2) is 47.4 Å². The number of esters is 1. The number of aliphatic hydroxyl groups excluding tert-OH is 2. The smallest absolute Gasteiger partial charge is 0.305 e. The molecule has 0 heterocycles. The summed E-state index contributed by atoms with van der Waals surface area (Å²) in [7, 11) is 0. The van der Waals surface area contributed by atoms with Crippen LogP contribution >= 0.6 is 0 Å². The molecule has 0 aliphatic heterocycles. The fraction of sp³-hybridized carbons (Fsp3) is 0.926. The van der Waals surface area contributed by atoms with Gasteiger partial charge in [0.05, 0.1) is 25.4 Å². The van der Waals surface area contributed by atoms with Crippen molar-refractivity contribution in [3.05, 3.63) is 12.2 Å². The SMILES string of the molecule is CCCCCCCCCCCCCCCCCCCCC(=O)OCCCCCC/C=C\CCCC(=O)NC(CO)C(O)CCCCCCCCCCCCCCCCCC. The molecule has 6 nitrogen and oxygen atoms in total. The Bertz CT molecular complexity index is 893. The molecule has 6 heteroatoms. The van der Waals surface area contributed by atoms with Gasteiger partial charge in [-0.15, -0.1) is 0 Å². The molecule has 0 spiro atoms. The lowest BCUT2D eigenvalue weighted by Gasteiger charge is -2.22. The number of rotatable bonds is 50. The van der Waals surface area contributed by atoms with Crippen molar-refractivity contribution < 1.29 is 24.5 Å². The van der Waals surface area contributed by atoms with Crippen molar-refractivity contribution in [2.24, 2.45) is 0 Å². The van der Waals surface area contributed by atoms with Gasteiger partial charge in [0.25, 0.3) is 0 Å². The van der Waals surface area contributed by atoms with E-state index >= 15 is 0 Å². The molecule has 0 saturated carbocycles. The van der Waals surface area contributed by atoms with E-state index in [9.17, 15) is 19.8 Å². The molecule has 0 bridgehead atoms. The van der Waals surface area contributed by atoms with E-state index in [1.807, 2.05) is 0 Å². The van der Waals surface area contributed by atoms with Crippen molar-refractivity contribution in [2.75, 3.05) is 13.2 Å². The van der Waals surface area contributed by atoms with Crippen LogP contribution in [0.15, 0.2) is 12.2 Å². The highest BCUT2D eigenvalue weighted by Gasteiger charge is 2.20. The fourth-order valence-corrected chi connectivity index (χ4v) is 8.41. The molecule has 3 N–H and O–H groups in total. The first kappa shape index (κ1) is 58.6. The average Bonchev–Trinajstić information content (AvgIpc) is 3.25. The summed E-state index contributed by atoms with van der Waals surface area (Å²) in [5, 5.41) is 23.2. The van der Waals surface area contributed by atoms with Gasteiger partial charge in [0.2, 0.25) is 5.91 Å². The van der Waals surface area contributed by atoms with E-state index in [2.05, 4.69) is 31.3 Å². The highest BCUT2D eigenvalue weighted by atomic mass is 16.5. The summed E-state index contributed by atoms with van der Waals surface area (Å²) >= 11 is 0. The van der Waals surface area contributed by atoms with Gasteiger partial charge in [-0.1, -0.05) is 251 Å². The number of ether oxygens (including phenoxy) is 1. The number of hydrogen-bond acceptors (Lipinski definition) is 5. The van der Waals surface area contributed by atoms with Gasteiger partial charge in [-0.25, -0.2) is 0 Å². The second-order valence-corrected chi connectivity index (χ2v) is 18.6. The van der Waals surface area contributed by atoms with E-state index in [-0.39, 0.29) is 18.5 Å². The number of amides is 1. The molecular formula is C54H105NO5. The Morgan fingerprint density at radius 2 is 0.800 bits per heavy atom. The van der Waals surface area contributed by atoms with Gasteiger partial charge < -0.3 is 20.3 Å². The number of carbonyl (C=O) groups is 2. The minimum atomic E-state index is -0.694. The number of hydrogen-bond donors (Lipinski definition) is 3. The van der Waals surface area contributed by atoms with Crippen LogP contribution in [-0.2, 0) is 14.3 Å². The van der Waals surface area contributed by atoms with Crippen molar-refractivity contribution >= 4 is 11.9 Å². The number of aliphatic hydroxyl groups is 2. The Kier molecular flexibility index (Phi) is 49.1. The summed E-state index contributed by atoms with van der Waals surface area (Å²) < 4.78 is 5.45. The second-order valence-electron chi connectivity index (χ2n) is 18.6. The van der Waals surface area contributed by atoms with Crippen LogP contribution in [0.1, 0.15) is 296 Å². The van der Waals surface area contributed by atoms with Crippen LogP contribution in [0.25, 0.3) is 0 Å². The van der Waals surface area contributed by atoms with Crippen molar-refractivity contribution in [1.29, 1.82) is 0 Å². The van der Waals surface area contributed by atoms with Gasteiger partial charge in [-0.2, -0.15) is 0 Å². The summed E-state index contributed by atoms with van der Waals surface area (Å²) in [6.07, 6.45) is 57.7. The molecule has 0 saturated heterocycles. The molecule has 0 aliphatic rings. The summed E-state index contributed by atoms with van der Waals surface area (Å²) in [6.45, 7) is 4.88. The topological polar surface area (TPSA) is 95.9 Å². The maximum atomic E-state index is 12.4. The molecule has 0 aromatic rings. The lowest BCUT2D eigenvalue weighted by atomic mass is 10.0. The molecular weight excluding hydrogens is 743 g/mol. The molecule has 2 unspecified atom stereocenters. The Labute approximate surface area is 374 Å². The van der Waals surface area contributed by atoms with Crippen LogP contribution in [0.3, 0.4) is 0 Å². The predicted octanol–water partition coefficient (Wildman–Crippen LogP) is 16.1. The minimum absolute atomic E-state index is 0.0308. The van der Waals surface area contributed by atoms with E-state index in [1.165, 1.54) is 193 Å². The molecule has 0 rings (SSSR count). The summed E-state index contributed by atoms with van der Waals surface area (Å²) in [6, 6.07) is -0.577. The zero-order valence-corrected chi connectivity index (χ0v) is 40.5. The van der Waals surface area contributed by atoms with E-state index in [0.717, 1.165) is 70.6 Å². The summed E-state index contributed by atoms with van der Waals surface area (Å²) in [4.78, 5) is 24.5. The average molecular weight is 848 g/mol. The second kappa shape index (κ2) is 50.2. The first-order valence-corrected chi connectivity index (χ1v) is 26.9. The van der Waals surface area contributed by atoms with Crippen LogP contribution in [0.2, 0.25) is 0 Å². The molecule has 0 aliphatic carbocycles. The van der Waals surface area contributed by atoms with Crippen molar-refractivity contribution in [1.82, 2.24) is 5.32 Å². The molecule has 0 fully saturated rings. The first-order valence-electron chi connectivity index (χ1n) is 26.9. The van der Waals surface area contributed by atoms with Gasteiger partial charge in [-0.05, 0) is 44.9 Å². The maximum Gasteiger partial charge on any atom is 0.305 e. The third-order valence-electron chi connectivity index (χ3n) is 12.6. The third-order valence-corrected chi connectivity index (χ3v) is 12.6. The monoisotopic (exact) mass is 848 g/mol. The third kappa shape index (κ3) is 46.1. The number of unbranched alkanes of at least 4 members (excludes halogenated alkanes) is 37. The van der Waals surface area contributed by atoms with Crippen LogP contribution in [0.4, 0.5) is 0 Å². The van der Waals surface area contributed by atoms with Gasteiger partial charge in [0, 0.05) is 12.8 Å². The van der Waals surface area contributed by atoms with E-state index < -0.39 is 12.1 Å². The molecule has 0 aromatic heterocycles. The maximum absolute atomic E-state index is 12.4. The van der Waals surface area contributed by atoms with Gasteiger partial charge in [-0.3, -0.25) is 9.59 Å². The van der Waals surface area contributed by atoms with Crippen molar-refractivity contribution in [3.63, 3.8) is 0 Å². The molecule has 2 atom stereocenters. The first-order chi connectivity index (χ1) is 29.5.